The van der Waals surface area contributed by atoms with Crippen LogP contribution in [0.2, 0.25) is 5.02 Å². The van der Waals surface area contributed by atoms with Gasteiger partial charge in [0.2, 0.25) is 0 Å². The lowest BCUT2D eigenvalue weighted by Gasteiger charge is -2.30. The number of carbonyl (C=O) groups excluding carboxylic acids is 1. The Balaban J connectivity index is 1.61. The molecule has 0 aliphatic carbocycles. The van der Waals surface area contributed by atoms with Crippen LogP contribution in [0.3, 0.4) is 0 Å². The van der Waals surface area contributed by atoms with Crippen LogP contribution in [0.4, 0.5) is 5.69 Å². The quantitative estimate of drug-likeness (QED) is 0.840. The van der Waals surface area contributed by atoms with Gasteiger partial charge in [0, 0.05) is 13.0 Å². The first-order chi connectivity index (χ1) is 11.2. The number of hydrogen-bond donors (Lipinski definition) is 0. The van der Waals surface area contributed by atoms with Crippen LogP contribution in [-0.4, -0.2) is 29.2 Å². The molecule has 0 bridgehead atoms. The van der Waals surface area contributed by atoms with Gasteiger partial charge in [-0.3, -0.25) is 4.79 Å². The van der Waals surface area contributed by atoms with Gasteiger partial charge in [-0.15, -0.1) is 0 Å². The van der Waals surface area contributed by atoms with Crippen LogP contribution in [0, 0.1) is 0 Å². The summed E-state index contributed by atoms with van der Waals surface area (Å²) in [6, 6.07) is 5.72. The van der Waals surface area contributed by atoms with Crippen molar-refractivity contribution in [1.29, 1.82) is 0 Å². The molecule has 0 saturated carbocycles. The minimum atomic E-state index is -0.116. The highest BCUT2D eigenvalue weighted by molar-refractivity contribution is 6.34. The van der Waals surface area contributed by atoms with Gasteiger partial charge in [0.05, 0.1) is 10.7 Å². The highest BCUT2D eigenvalue weighted by atomic mass is 35.5. The van der Waals surface area contributed by atoms with Crippen molar-refractivity contribution in [1.82, 2.24) is 10.1 Å². The number of hydrogen-bond acceptors (Lipinski definition) is 5. The summed E-state index contributed by atoms with van der Waals surface area (Å²) >= 11 is 6.26. The molecule has 0 radical (unpaired) electrons. The zero-order chi connectivity index (χ0) is 16.2. The molecule has 1 amide bonds. The van der Waals surface area contributed by atoms with Crippen molar-refractivity contribution in [3.63, 3.8) is 0 Å². The second-order valence-electron chi connectivity index (χ2n) is 5.35. The topological polar surface area (TPSA) is 68.5 Å². The Morgan fingerprint density at radius 2 is 2.35 bits per heavy atom. The Bertz CT molecular complexity index is 702. The number of carbonyl (C=O) groups is 1. The fourth-order valence-electron chi connectivity index (χ4n) is 2.65. The fraction of sp³-hybridized carbons (Fsp3) is 0.438. The van der Waals surface area contributed by atoms with Crippen LogP contribution in [0.1, 0.15) is 30.6 Å². The SMILES string of the molecule is CCc1noc(COCC(=O)N2CCCc3cccc(Cl)c32)n1. The van der Waals surface area contributed by atoms with Gasteiger partial charge in [-0.2, -0.15) is 4.98 Å². The Kier molecular flexibility index (Phi) is 4.93. The molecule has 1 aromatic heterocycles. The predicted octanol–water partition coefficient (Wildman–Crippen LogP) is 2.78. The van der Waals surface area contributed by atoms with Gasteiger partial charge >= 0.3 is 0 Å². The summed E-state index contributed by atoms with van der Waals surface area (Å²) in [6.45, 7) is 2.67. The van der Waals surface area contributed by atoms with Crippen molar-refractivity contribution in [2.75, 3.05) is 18.1 Å². The molecule has 0 unspecified atom stereocenters. The lowest BCUT2D eigenvalue weighted by molar-refractivity contribution is -0.123. The monoisotopic (exact) mass is 335 g/mol. The Labute approximate surface area is 139 Å². The molecule has 122 valence electrons. The molecule has 3 rings (SSSR count). The van der Waals surface area contributed by atoms with Crippen LogP contribution < -0.4 is 4.90 Å². The third-order valence-electron chi connectivity index (χ3n) is 3.75. The summed E-state index contributed by atoms with van der Waals surface area (Å²) < 4.78 is 10.4. The van der Waals surface area contributed by atoms with Gasteiger partial charge in [-0.25, -0.2) is 0 Å². The van der Waals surface area contributed by atoms with E-state index < -0.39 is 0 Å². The molecule has 1 aliphatic rings. The normalized spacial score (nSPS) is 13.9. The van der Waals surface area contributed by atoms with E-state index >= 15 is 0 Å². The predicted molar refractivity (Wildman–Crippen MR) is 85.5 cm³/mol. The van der Waals surface area contributed by atoms with Crippen molar-refractivity contribution in [3.8, 4) is 0 Å². The highest BCUT2D eigenvalue weighted by Crippen LogP contribution is 2.34. The summed E-state index contributed by atoms with van der Waals surface area (Å²) in [5.41, 5.74) is 1.90. The van der Waals surface area contributed by atoms with Gasteiger partial charge < -0.3 is 14.2 Å². The second kappa shape index (κ2) is 7.10. The third kappa shape index (κ3) is 3.54. The van der Waals surface area contributed by atoms with Crippen molar-refractivity contribution >= 4 is 23.2 Å². The summed E-state index contributed by atoms with van der Waals surface area (Å²) in [5, 5.41) is 4.38. The van der Waals surface area contributed by atoms with Crippen LogP contribution >= 0.6 is 11.6 Å². The van der Waals surface area contributed by atoms with Crippen molar-refractivity contribution in [3.05, 3.63) is 40.5 Å². The first-order valence-electron chi connectivity index (χ1n) is 7.66. The van der Waals surface area contributed by atoms with E-state index in [0.717, 1.165) is 24.1 Å². The molecule has 6 nitrogen and oxygen atoms in total. The molecule has 2 aromatic rings. The number of anilines is 1. The highest BCUT2D eigenvalue weighted by Gasteiger charge is 2.24. The van der Waals surface area contributed by atoms with E-state index in [4.69, 9.17) is 20.9 Å². The summed E-state index contributed by atoms with van der Waals surface area (Å²) in [4.78, 5) is 18.3. The number of halogens is 1. The van der Waals surface area contributed by atoms with E-state index in [1.54, 1.807) is 11.0 Å². The molecule has 0 fully saturated rings. The zero-order valence-electron chi connectivity index (χ0n) is 12.9. The zero-order valence-corrected chi connectivity index (χ0v) is 13.7. The molecule has 2 heterocycles. The third-order valence-corrected chi connectivity index (χ3v) is 4.05. The number of fused-ring (bicyclic) bond motifs is 1. The molecule has 0 saturated heterocycles. The molecule has 23 heavy (non-hydrogen) atoms. The lowest BCUT2D eigenvalue weighted by atomic mass is 10.0. The maximum atomic E-state index is 12.4. The van der Waals surface area contributed by atoms with Crippen LogP contribution in [0.15, 0.2) is 22.7 Å². The number of nitrogens with zero attached hydrogens (tertiary/aromatic N) is 3. The van der Waals surface area contributed by atoms with E-state index in [-0.39, 0.29) is 19.1 Å². The van der Waals surface area contributed by atoms with Gasteiger partial charge in [0.25, 0.3) is 11.8 Å². The minimum absolute atomic E-state index is 0.0471. The number of ether oxygens (including phenoxy) is 1. The Morgan fingerprint density at radius 1 is 1.48 bits per heavy atom. The molecule has 0 atom stereocenters. The molecular formula is C16H18ClN3O3. The number of amides is 1. The molecule has 0 spiro atoms. The first-order valence-corrected chi connectivity index (χ1v) is 8.03. The average molecular weight is 336 g/mol. The van der Waals surface area contributed by atoms with Crippen molar-refractivity contribution in [2.45, 2.75) is 32.8 Å². The molecule has 1 aliphatic heterocycles. The largest absolute Gasteiger partial charge is 0.362 e. The average Bonchev–Trinajstić information content (AvgIpc) is 3.02. The van der Waals surface area contributed by atoms with Crippen molar-refractivity contribution < 1.29 is 14.1 Å². The molecule has 1 aromatic carbocycles. The Morgan fingerprint density at radius 3 is 3.13 bits per heavy atom. The number of aromatic nitrogens is 2. The maximum Gasteiger partial charge on any atom is 0.253 e. The van der Waals surface area contributed by atoms with Crippen molar-refractivity contribution in [2.24, 2.45) is 0 Å². The standard InChI is InChI=1S/C16H18ClN3O3/c1-2-13-18-14(23-19-13)9-22-10-15(21)20-8-4-6-11-5-3-7-12(17)16(11)20/h3,5,7H,2,4,6,8-10H2,1H3. The number of benzene rings is 1. The van der Waals surface area contributed by atoms with Gasteiger partial charge in [-0.05, 0) is 24.5 Å². The van der Waals surface area contributed by atoms with E-state index in [1.807, 2.05) is 19.1 Å². The fourth-order valence-corrected chi connectivity index (χ4v) is 2.94. The molecular weight excluding hydrogens is 318 g/mol. The molecule has 7 heteroatoms. The maximum absolute atomic E-state index is 12.4. The minimum Gasteiger partial charge on any atom is -0.362 e. The number of para-hydroxylation sites is 1. The number of rotatable bonds is 5. The van der Waals surface area contributed by atoms with Crippen LogP contribution in [0.25, 0.3) is 0 Å². The lowest BCUT2D eigenvalue weighted by Crippen LogP contribution is -2.38. The van der Waals surface area contributed by atoms with E-state index in [1.165, 1.54) is 0 Å². The second-order valence-corrected chi connectivity index (χ2v) is 5.75. The number of aryl methyl sites for hydroxylation is 2. The molecule has 0 N–H and O–H groups in total. The first kappa shape index (κ1) is 16.0. The van der Waals surface area contributed by atoms with Gasteiger partial charge in [0.1, 0.15) is 13.2 Å². The van der Waals surface area contributed by atoms with Gasteiger partial charge in [-0.1, -0.05) is 35.8 Å². The smallest absolute Gasteiger partial charge is 0.253 e. The van der Waals surface area contributed by atoms with E-state index in [2.05, 4.69) is 10.1 Å². The van der Waals surface area contributed by atoms with Crippen LogP contribution in [0.5, 0.6) is 0 Å². The summed E-state index contributed by atoms with van der Waals surface area (Å²) in [5.74, 6) is 0.896. The summed E-state index contributed by atoms with van der Waals surface area (Å²) in [7, 11) is 0. The van der Waals surface area contributed by atoms with E-state index in [0.29, 0.717) is 29.7 Å². The summed E-state index contributed by atoms with van der Waals surface area (Å²) in [6.07, 6.45) is 2.55. The van der Waals surface area contributed by atoms with Crippen LogP contribution in [-0.2, 0) is 29.0 Å². The van der Waals surface area contributed by atoms with E-state index in [9.17, 15) is 4.79 Å². The van der Waals surface area contributed by atoms with Gasteiger partial charge in [0.15, 0.2) is 5.82 Å². The Hall–Kier alpha value is -1.92.